The van der Waals surface area contributed by atoms with Gasteiger partial charge in [0.25, 0.3) is 0 Å². The maximum Gasteiger partial charge on any atom is 0.308 e. The van der Waals surface area contributed by atoms with E-state index in [1.807, 2.05) is 12.1 Å². The molecular weight excluding hydrogens is 252 g/mol. The smallest absolute Gasteiger partial charge is 0.308 e. The molecule has 1 fully saturated rings. The molecule has 0 radical (unpaired) electrons. The van der Waals surface area contributed by atoms with Crippen molar-refractivity contribution in [1.29, 1.82) is 0 Å². The summed E-state index contributed by atoms with van der Waals surface area (Å²) in [6.45, 7) is 1.48. The van der Waals surface area contributed by atoms with Crippen LogP contribution in [-0.4, -0.2) is 29.6 Å². The molecule has 1 amide bonds. The molecule has 0 saturated carbocycles. The lowest BCUT2D eigenvalue weighted by Crippen LogP contribution is -2.35. The summed E-state index contributed by atoms with van der Waals surface area (Å²) in [4.78, 5) is 23.5. The van der Waals surface area contributed by atoms with E-state index in [2.05, 4.69) is 10.6 Å². The van der Waals surface area contributed by atoms with E-state index in [0.717, 1.165) is 29.3 Å². The van der Waals surface area contributed by atoms with E-state index in [1.165, 1.54) is 11.3 Å². The molecule has 1 aliphatic rings. The van der Waals surface area contributed by atoms with Crippen molar-refractivity contribution in [3.8, 4) is 0 Å². The van der Waals surface area contributed by atoms with Gasteiger partial charge in [-0.05, 0) is 18.6 Å². The molecule has 5 nitrogen and oxygen atoms in total. The molecule has 1 aliphatic heterocycles. The van der Waals surface area contributed by atoms with E-state index in [1.54, 1.807) is 0 Å². The number of thiophene rings is 1. The molecule has 2 heterocycles. The molecule has 1 aromatic heterocycles. The average Bonchev–Trinajstić information content (AvgIpc) is 2.88. The number of rotatable bonds is 6. The fraction of sp³-hybridized carbons (Fsp3) is 0.500. The fourth-order valence-corrected chi connectivity index (χ4v) is 2.94. The fourth-order valence-electron chi connectivity index (χ4n) is 1.96. The molecule has 1 aromatic rings. The van der Waals surface area contributed by atoms with Gasteiger partial charge in [-0.15, -0.1) is 11.3 Å². The summed E-state index contributed by atoms with van der Waals surface area (Å²) in [6, 6.07) is 4.03. The Bertz CT molecular complexity index is 444. The van der Waals surface area contributed by atoms with Gasteiger partial charge in [0.15, 0.2) is 0 Å². The van der Waals surface area contributed by atoms with Crippen molar-refractivity contribution >= 4 is 23.2 Å². The van der Waals surface area contributed by atoms with Gasteiger partial charge >= 0.3 is 5.97 Å². The molecule has 98 valence electrons. The maximum atomic E-state index is 11.0. The summed E-state index contributed by atoms with van der Waals surface area (Å²) in [5.74, 6) is -0.674. The minimum atomic E-state index is -0.801. The Labute approximate surface area is 109 Å². The van der Waals surface area contributed by atoms with Crippen LogP contribution in [0.2, 0.25) is 0 Å². The molecule has 0 spiro atoms. The molecule has 0 bridgehead atoms. The predicted octanol–water partition coefficient (Wildman–Crippen LogP) is 0.743. The average molecular weight is 268 g/mol. The number of hydrogen-bond acceptors (Lipinski definition) is 4. The van der Waals surface area contributed by atoms with Crippen LogP contribution in [0.25, 0.3) is 0 Å². The zero-order valence-electron chi connectivity index (χ0n) is 9.94. The molecule has 2 rings (SSSR count). The largest absolute Gasteiger partial charge is 0.481 e. The molecular formula is C12H16N2O3S. The Hall–Kier alpha value is -1.40. The molecule has 0 aliphatic carbocycles. The number of nitrogens with one attached hydrogen (secondary N) is 2. The first-order valence-corrected chi connectivity index (χ1v) is 6.74. The highest BCUT2D eigenvalue weighted by atomic mass is 32.1. The van der Waals surface area contributed by atoms with Crippen LogP contribution in [0.15, 0.2) is 12.1 Å². The van der Waals surface area contributed by atoms with E-state index < -0.39 is 5.97 Å². The molecule has 3 N–H and O–H groups in total. The lowest BCUT2D eigenvalue weighted by Gasteiger charge is -2.10. The second-order valence-corrected chi connectivity index (χ2v) is 5.63. The number of amides is 1. The van der Waals surface area contributed by atoms with Gasteiger partial charge in [0.1, 0.15) is 0 Å². The first-order chi connectivity index (χ1) is 8.63. The molecule has 0 aromatic carbocycles. The van der Waals surface area contributed by atoms with Gasteiger partial charge in [-0.1, -0.05) is 0 Å². The first-order valence-electron chi connectivity index (χ1n) is 5.93. The number of carboxylic acid groups (broad SMARTS) is 1. The first kappa shape index (κ1) is 13.0. The number of aliphatic carboxylic acids is 1. The van der Waals surface area contributed by atoms with Crippen molar-refractivity contribution in [2.75, 3.05) is 6.54 Å². The number of hydrogen-bond donors (Lipinski definition) is 3. The van der Waals surface area contributed by atoms with Crippen LogP contribution in [0.4, 0.5) is 0 Å². The van der Waals surface area contributed by atoms with Crippen LogP contribution >= 0.6 is 11.3 Å². The van der Waals surface area contributed by atoms with Gasteiger partial charge in [-0.25, -0.2) is 0 Å². The van der Waals surface area contributed by atoms with Gasteiger partial charge < -0.3 is 15.7 Å². The van der Waals surface area contributed by atoms with Crippen molar-refractivity contribution in [2.24, 2.45) is 0 Å². The van der Waals surface area contributed by atoms with Gasteiger partial charge in [0, 0.05) is 35.3 Å². The van der Waals surface area contributed by atoms with E-state index in [-0.39, 0.29) is 18.4 Å². The lowest BCUT2D eigenvalue weighted by atomic mass is 10.2. The third kappa shape index (κ3) is 3.82. The van der Waals surface area contributed by atoms with Gasteiger partial charge in [0.2, 0.25) is 5.91 Å². The van der Waals surface area contributed by atoms with Crippen molar-refractivity contribution in [3.63, 3.8) is 0 Å². The number of carbonyl (C=O) groups is 2. The second kappa shape index (κ2) is 5.97. The quantitative estimate of drug-likeness (QED) is 0.711. The van der Waals surface area contributed by atoms with Crippen LogP contribution in [0.5, 0.6) is 0 Å². The monoisotopic (exact) mass is 268 g/mol. The molecule has 6 heteroatoms. The summed E-state index contributed by atoms with van der Waals surface area (Å²) in [6.07, 6.45) is 1.60. The number of carboxylic acids is 1. The summed E-state index contributed by atoms with van der Waals surface area (Å²) < 4.78 is 0. The summed E-state index contributed by atoms with van der Waals surface area (Å²) in [7, 11) is 0. The van der Waals surface area contributed by atoms with E-state index in [9.17, 15) is 9.59 Å². The maximum absolute atomic E-state index is 11.0. The van der Waals surface area contributed by atoms with E-state index in [4.69, 9.17) is 5.11 Å². The second-order valence-electron chi connectivity index (χ2n) is 4.37. The van der Waals surface area contributed by atoms with Crippen LogP contribution < -0.4 is 10.6 Å². The van der Waals surface area contributed by atoms with Crippen LogP contribution in [0, 0.1) is 0 Å². The molecule has 1 saturated heterocycles. The zero-order valence-corrected chi connectivity index (χ0v) is 10.8. The zero-order chi connectivity index (χ0) is 13.0. The Morgan fingerprint density at radius 1 is 1.50 bits per heavy atom. The van der Waals surface area contributed by atoms with Gasteiger partial charge in [-0.3, -0.25) is 9.59 Å². The van der Waals surface area contributed by atoms with Crippen molar-refractivity contribution in [2.45, 2.75) is 31.8 Å². The predicted molar refractivity (Wildman–Crippen MR) is 68.5 cm³/mol. The highest BCUT2D eigenvalue weighted by Gasteiger charge is 2.19. The standard InChI is InChI=1S/C12H16N2O3S/c15-11-4-1-8(14-11)6-13-7-10-3-2-9(18-10)5-12(16)17/h2-3,8,13H,1,4-7H2,(H,14,15)(H,16,17). The van der Waals surface area contributed by atoms with Crippen molar-refractivity contribution in [1.82, 2.24) is 10.6 Å². The normalized spacial score (nSPS) is 18.9. The highest BCUT2D eigenvalue weighted by Crippen LogP contribution is 2.17. The lowest BCUT2D eigenvalue weighted by molar-refractivity contribution is -0.136. The minimum Gasteiger partial charge on any atom is -0.481 e. The highest BCUT2D eigenvalue weighted by molar-refractivity contribution is 7.12. The summed E-state index contributed by atoms with van der Waals surface area (Å²) >= 11 is 1.51. The summed E-state index contributed by atoms with van der Waals surface area (Å²) in [5.41, 5.74) is 0. The SMILES string of the molecule is O=C(O)Cc1ccc(CNCC2CCC(=O)N2)s1. The Balaban J connectivity index is 1.71. The summed E-state index contributed by atoms with van der Waals surface area (Å²) in [5, 5.41) is 14.8. The third-order valence-corrected chi connectivity index (χ3v) is 3.90. The van der Waals surface area contributed by atoms with Crippen LogP contribution in [0.3, 0.4) is 0 Å². The van der Waals surface area contributed by atoms with Gasteiger partial charge in [0.05, 0.1) is 6.42 Å². The topological polar surface area (TPSA) is 78.4 Å². The molecule has 1 unspecified atom stereocenters. The van der Waals surface area contributed by atoms with E-state index in [0.29, 0.717) is 6.42 Å². The Kier molecular flexibility index (Phi) is 4.33. The van der Waals surface area contributed by atoms with E-state index >= 15 is 0 Å². The van der Waals surface area contributed by atoms with Gasteiger partial charge in [-0.2, -0.15) is 0 Å². The minimum absolute atomic E-state index is 0.0867. The van der Waals surface area contributed by atoms with Crippen LogP contribution in [0.1, 0.15) is 22.6 Å². The van der Waals surface area contributed by atoms with Crippen LogP contribution in [-0.2, 0) is 22.6 Å². The number of carbonyl (C=O) groups excluding carboxylic acids is 1. The third-order valence-electron chi connectivity index (χ3n) is 2.82. The molecule has 1 atom stereocenters. The molecule has 18 heavy (non-hydrogen) atoms. The Morgan fingerprint density at radius 3 is 2.94 bits per heavy atom. The van der Waals surface area contributed by atoms with Crippen molar-refractivity contribution < 1.29 is 14.7 Å². The van der Waals surface area contributed by atoms with Crippen molar-refractivity contribution in [3.05, 3.63) is 21.9 Å². The Morgan fingerprint density at radius 2 is 2.28 bits per heavy atom.